The second-order valence-electron chi connectivity index (χ2n) is 5.01. The summed E-state index contributed by atoms with van der Waals surface area (Å²) >= 11 is 0. The molecule has 1 aromatic carbocycles. The SMILES string of the molecule is N#C/C(=C/Nc1cc(C(F)(F)F)cc(C(F)(F)F)c1)C(=O)NCCC(=O)O. The molecular formula is C15H11F6N3O3. The van der Waals surface area contributed by atoms with Gasteiger partial charge in [0.15, 0.2) is 0 Å². The minimum absolute atomic E-state index is 0.0707. The number of aliphatic carboxylic acids is 1. The Balaban J connectivity index is 3.08. The van der Waals surface area contributed by atoms with Crippen LogP contribution in [0.25, 0.3) is 0 Å². The number of halogens is 6. The Labute approximate surface area is 148 Å². The number of alkyl halides is 6. The molecule has 0 aromatic heterocycles. The third-order valence-corrected chi connectivity index (χ3v) is 2.96. The van der Waals surface area contributed by atoms with Gasteiger partial charge in [-0.3, -0.25) is 9.59 Å². The summed E-state index contributed by atoms with van der Waals surface area (Å²) in [6.45, 7) is -0.324. The molecule has 0 fully saturated rings. The lowest BCUT2D eigenvalue weighted by Gasteiger charge is -2.14. The van der Waals surface area contributed by atoms with Gasteiger partial charge in [0.1, 0.15) is 11.6 Å². The Kier molecular flexibility index (Phi) is 6.81. The number of anilines is 1. The van der Waals surface area contributed by atoms with Crippen molar-refractivity contribution in [3.63, 3.8) is 0 Å². The van der Waals surface area contributed by atoms with E-state index in [9.17, 15) is 35.9 Å². The molecule has 3 N–H and O–H groups in total. The van der Waals surface area contributed by atoms with Crippen molar-refractivity contribution in [1.29, 1.82) is 5.26 Å². The highest BCUT2D eigenvalue weighted by atomic mass is 19.4. The summed E-state index contributed by atoms with van der Waals surface area (Å²) in [6, 6.07) is 2.08. The minimum Gasteiger partial charge on any atom is -0.481 e. The van der Waals surface area contributed by atoms with Crippen LogP contribution in [-0.4, -0.2) is 23.5 Å². The van der Waals surface area contributed by atoms with Crippen molar-refractivity contribution in [2.75, 3.05) is 11.9 Å². The van der Waals surface area contributed by atoms with E-state index in [2.05, 4.69) is 5.32 Å². The van der Waals surface area contributed by atoms with E-state index in [4.69, 9.17) is 10.4 Å². The maximum atomic E-state index is 12.8. The van der Waals surface area contributed by atoms with Crippen LogP contribution in [0, 0.1) is 11.3 Å². The van der Waals surface area contributed by atoms with Crippen molar-refractivity contribution < 1.29 is 41.0 Å². The Morgan fingerprint density at radius 2 is 1.59 bits per heavy atom. The minimum atomic E-state index is -5.05. The average molecular weight is 395 g/mol. The third-order valence-electron chi connectivity index (χ3n) is 2.96. The van der Waals surface area contributed by atoms with E-state index in [-0.39, 0.29) is 12.6 Å². The molecule has 0 spiro atoms. The molecule has 0 aliphatic carbocycles. The van der Waals surface area contributed by atoms with Gasteiger partial charge in [0.25, 0.3) is 5.91 Å². The maximum Gasteiger partial charge on any atom is 0.416 e. The predicted molar refractivity (Wildman–Crippen MR) is 79.0 cm³/mol. The zero-order valence-electron chi connectivity index (χ0n) is 13.2. The lowest BCUT2D eigenvalue weighted by Crippen LogP contribution is -2.27. The van der Waals surface area contributed by atoms with Gasteiger partial charge in [0.2, 0.25) is 0 Å². The van der Waals surface area contributed by atoms with Crippen molar-refractivity contribution in [3.8, 4) is 6.07 Å². The smallest absolute Gasteiger partial charge is 0.416 e. The number of carboxylic acid groups (broad SMARTS) is 1. The summed E-state index contributed by atoms with van der Waals surface area (Å²) < 4.78 is 76.6. The van der Waals surface area contributed by atoms with Gasteiger partial charge in [-0.25, -0.2) is 0 Å². The molecule has 1 amide bonds. The lowest BCUT2D eigenvalue weighted by atomic mass is 10.1. The molecule has 0 heterocycles. The van der Waals surface area contributed by atoms with Crippen LogP contribution in [0.15, 0.2) is 30.0 Å². The molecule has 6 nitrogen and oxygen atoms in total. The van der Waals surface area contributed by atoms with Crippen molar-refractivity contribution in [3.05, 3.63) is 41.1 Å². The molecule has 0 aliphatic heterocycles. The molecule has 0 unspecified atom stereocenters. The number of nitriles is 1. The Morgan fingerprint density at radius 3 is 2.00 bits per heavy atom. The number of hydrogen-bond acceptors (Lipinski definition) is 4. The number of rotatable bonds is 6. The summed E-state index contributed by atoms with van der Waals surface area (Å²) in [5.74, 6) is -2.27. The Morgan fingerprint density at radius 1 is 1.07 bits per heavy atom. The summed E-state index contributed by atoms with van der Waals surface area (Å²) in [6.07, 6.45) is -9.92. The van der Waals surface area contributed by atoms with E-state index in [1.54, 1.807) is 0 Å². The van der Waals surface area contributed by atoms with Crippen molar-refractivity contribution in [2.24, 2.45) is 0 Å². The van der Waals surface area contributed by atoms with Gasteiger partial charge in [-0.15, -0.1) is 0 Å². The fraction of sp³-hybridized carbons (Fsp3) is 0.267. The molecule has 146 valence electrons. The number of benzene rings is 1. The van der Waals surface area contributed by atoms with E-state index in [1.807, 2.05) is 5.32 Å². The first kappa shape index (κ1) is 21.8. The van der Waals surface area contributed by atoms with Crippen LogP contribution in [0.3, 0.4) is 0 Å². The highest BCUT2D eigenvalue weighted by molar-refractivity contribution is 5.97. The van der Waals surface area contributed by atoms with Gasteiger partial charge in [-0.2, -0.15) is 31.6 Å². The average Bonchev–Trinajstić information content (AvgIpc) is 2.53. The van der Waals surface area contributed by atoms with Gasteiger partial charge in [-0.1, -0.05) is 0 Å². The van der Waals surface area contributed by atoms with Crippen LogP contribution in [0.4, 0.5) is 32.0 Å². The summed E-state index contributed by atoms with van der Waals surface area (Å²) in [4.78, 5) is 22.0. The van der Waals surface area contributed by atoms with Gasteiger partial charge < -0.3 is 15.7 Å². The van der Waals surface area contributed by atoms with Crippen molar-refractivity contribution >= 4 is 17.6 Å². The van der Waals surface area contributed by atoms with Gasteiger partial charge in [0.05, 0.1) is 17.5 Å². The number of hydrogen-bond donors (Lipinski definition) is 3. The molecular weight excluding hydrogens is 384 g/mol. The van der Waals surface area contributed by atoms with E-state index in [0.717, 1.165) is 0 Å². The van der Waals surface area contributed by atoms with Gasteiger partial charge in [0, 0.05) is 18.4 Å². The summed E-state index contributed by atoms with van der Waals surface area (Å²) in [5, 5.41) is 21.4. The topological polar surface area (TPSA) is 102 Å². The number of amides is 1. The third kappa shape index (κ3) is 6.89. The molecule has 0 bridgehead atoms. The van der Waals surface area contributed by atoms with Crippen molar-refractivity contribution in [1.82, 2.24) is 5.32 Å². The quantitative estimate of drug-likeness (QED) is 0.390. The predicted octanol–water partition coefficient (Wildman–Crippen LogP) is 3.13. The van der Waals surface area contributed by atoms with Crippen LogP contribution >= 0.6 is 0 Å². The van der Waals surface area contributed by atoms with E-state index >= 15 is 0 Å². The lowest BCUT2D eigenvalue weighted by molar-refractivity contribution is -0.143. The standard InChI is InChI=1S/C15H11F6N3O3/c16-14(17,18)9-3-10(15(19,20)21)5-11(4-9)24-7-8(6-22)13(27)23-2-1-12(25)26/h3-5,7,24H,1-2H2,(H,23,27)(H,25,26)/b8-7-. The number of carbonyl (C=O) groups excluding carboxylic acids is 1. The van der Waals surface area contributed by atoms with Gasteiger partial charge >= 0.3 is 18.3 Å². The fourth-order valence-electron chi connectivity index (χ4n) is 1.72. The normalized spacial score (nSPS) is 12.3. The first-order valence-electron chi connectivity index (χ1n) is 7.01. The maximum absolute atomic E-state index is 12.8. The summed E-state index contributed by atoms with van der Waals surface area (Å²) in [5.41, 5.74) is -4.47. The first-order valence-corrected chi connectivity index (χ1v) is 7.01. The number of carbonyl (C=O) groups is 2. The van der Waals surface area contributed by atoms with Crippen LogP contribution in [0.2, 0.25) is 0 Å². The number of carboxylic acids is 1. The molecule has 0 saturated heterocycles. The molecule has 12 heteroatoms. The molecule has 1 rings (SSSR count). The van der Waals surface area contributed by atoms with Gasteiger partial charge in [-0.05, 0) is 18.2 Å². The van der Waals surface area contributed by atoms with E-state index in [0.29, 0.717) is 18.3 Å². The zero-order valence-corrected chi connectivity index (χ0v) is 13.2. The zero-order chi connectivity index (χ0) is 20.8. The number of nitrogens with one attached hydrogen (secondary N) is 2. The first-order chi connectivity index (χ1) is 12.3. The largest absolute Gasteiger partial charge is 0.481 e. The second kappa shape index (κ2) is 8.43. The van der Waals surface area contributed by atoms with Crippen LogP contribution in [0.5, 0.6) is 0 Å². The van der Waals surface area contributed by atoms with E-state index < -0.39 is 53.0 Å². The summed E-state index contributed by atoms with van der Waals surface area (Å²) in [7, 11) is 0. The molecule has 27 heavy (non-hydrogen) atoms. The molecule has 1 aromatic rings. The monoisotopic (exact) mass is 395 g/mol. The van der Waals surface area contributed by atoms with Crippen LogP contribution in [-0.2, 0) is 21.9 Å². The van der Waals surface area contributed by atoms with Crippen LogP contribution in [0.1, 0.15) is 17.5 Å². The molecule has 0 atom stereocenters. The molecule has 0 aliphatic rings. The fourth-order valence-corrected chi connectivity index (χ4v) is 1.72. The van der Waals surface area contributed by atoms with Crippen molar-refractivity contribution in [2.45, 2.75) is 18.8 Å². The highest BCUT2D eigenvalue weighted by Gasteiger charge is 2.36. The second-order valence-corrected chi connectivity index (χ2v) is 5.01. The molecule has 0 saturated carbocycles. The Bertz CT molecular complexity index is 761. The molecule has 0 radical (unpaired) electrons. The Hall–Kier alpha value is -3.23. The van der Waals surface area contributed by atoms with E-state index in [1.165, 1.54) is 6.07 Å². The van der Waals surface area contributed by atoms with Crippen LogP contribution < -0.4 is 10.6 Å². The highest BCUT2D eigenvalue weighted by Crippen LogP contribution is 2.37. The number of nitrogens with zero attached hydrogens (tertiary/aromatic N) is 1.